The SMILES string of the molecule is Cc1cc(C(=N)c2cnc(NC(=O)NCc3cccc(F)c3)cc2N)ccn1. The number of urea groups is 1. The zero-order valence-corrected chi connectivity index (χ0v) is 15.2. The molecule has 0 spiro atoms. The van der Waals surface area contributed by atoms with Gasteiger partial charge in [0.1, 0.15) is 11.6 Å². The fraction of sp³-hybridized carbons (Fsp3) is 0.100. The number of hydrogen-bond donors (Lipinski definition) is 4. The molecule has 1 aromatic carbocycles. The fourth-order valence-electron chi connectivity index (χ4n) is 2.59. The van der Waals surface area contributed by atoms with Crippen LogP contribution in [-0.4, -0.2) is 21.7 Å². The maximum absolute atomic E-state index is 13.2. The average molecular weight is 378 g/mol. The molecule has 0 fully saturated rings. The largest absolute Gasteiger partial charge is 0.398 e. The van der Waals surface area contributed by atoms with E-state index in [9.17, 15) is 9.18 Å². The Labute approximate surface area is 161 Å². The number of halogens is 1. The maximum Gasteiger partial charge on any atom is 0.320 e. The van der Waals surface area contributed by atoms with Crippen LogP contribution >= 0.6 is 0 Å². The number of anilines is 2. The van der Waals surface area contributed by atoms with Gasteiger partial charge in [-0.2, -0.15) is 0 Å². The minimum absolute atomic E-state index is 0.170. The van der Waals surface area contributed by atoms with Crippen molar-refractivity contribution in [3.05, 3.63) is 83.1 Å². The summed E-state index contributed by atoms with van der Waals surface area (Å²) in [5.41, 5.74) is 9.14. The first-order chi connectivity index (χ1) is 13.4. The van der Waals surface area contributed by atoms with Gasteiger partial charge in [-0.15, -0.1) is 0 Å². The second-order valence-electron chi connectivity index (χ2n) is 6.16. The normalized spacial score (nSPS) is 10.4. The Balaban J connectivity index is 1.65. The van der Waals surface area contributed by atoms with E-state index in [4.69, 9.17) is 11.1 Å². The zero-order valence-electron chi connectivity index (χ0n) is 15.2. The number of nitrogen functional groups attached to an aromatic ring is 1. The third-order valence-electron chi connectivity index (χ3n) is 3.97. The Morgan fingerprint density at radius 1 is 1.21 bits per heavy atom. The van der Waals surface area contributed by atoms with Gasteiger partial charge in [-0.25, -0.2) is 14.2 Å². The molecule has 3 aromatic rings. The molecule has 0 unspecified atom stereocenters. The Hall–Kier alpha value is -3.81. The van der Waals surface area contributed by atoms with Gasteiger partial charge in [0.2, 0.25) is 0 Å². The van der Waals surface area contributed by atoms with Crippen LogP contribution < -0.4 is 16.4 Å². The summed E-state index contributed by atoms with van der Waals surface area (Å²) >= 11 is 0. The molecular weight excluding hydrogens is 359 g/mol. The third-order valence-corrected chi connectivity index (χ3v) is 3.97. The maximum atomic E-state index is 13.2. The van der Waals surface area contributed by atoms with Crippen molar-refractivity contribution in [2.75, 3.05) is 11.1 Å². The van der Waals surface area contributed by atoms with Gasteiger partial charge in [0.15, 0.2) is 0 Å². The third kappa shape index (κ3) is 4.67. The van der Waals surface area contributed by atoms with Gasteiger partial charge in [0, 0.05) is 47.5 Å². The summed E-state index contributed by atoms with van der Waals surface area (Å²) in [6, 6.07) is 10.5. The number of nitrogens with zero attached hydrogens (tertiary/aromatic N) is 2. The summed E-state index contributed by atoms with van der Waals surface area (Å²) in [6.07, 6.45) is 3.07. The van der Waals surface area contributed by atoms with Gasteiger partial charge in [-0.05, 0) is 36.8 Å². The summed E-state index contributed by atoms with van der Waals surface area (Å²) in [4.78, 5) is 20.3. The minimum atomic E-state index is -0.497. The van der Waals surface area contributed by atoms with Gasteiger partial charge in [-0.1, -0.05) is 12.1 Å². The van der Waals surface area contributed by atoms with Crippen molar-refractivity contribution in [2.24, 2.45) is 0 Å². The summed E-state index contributed by atoms with van der Waals surface area (Å²) < 4.78 is 13.2. The van der Waals surface area contributed by atoms with Crippen LogP contribution in [0.2, 0.25) is 0 Å². The van der Waals surface area contributed by atoms with E-state index in [1.807, 2.05) is 6.92 Å². The van der Waals surface area contributed by atoms with Gasteiger partial charge in [0.05, 0.1) is 5.71 Å². The number of pyridine rings is 2. The van der Waals surface area contributed by atoms with Crippen LogP contribution in [0.3, 0.4) is 0 Å². The number of aromatic nitrogens is 2. The molecule has 0 saturated heterocycles. The zero-order chi connectivity index (χ0) is 20.1. The van der Waals surface area contributed by atoms with E-state index < -0.39 is 6.03 Å². The lowest BCUT2D eigenvalue weighted by atomic mass is 10.0. The predicted molar refractivity (Wildman–Crippen MR) is 106 cm³/mol. The van der Waals surface area contributed by atoms with Gasteiger partial charge in [-0.3, -0.25) is 15.7 Å². The molecule has 2 aromatic heterocycles. The van der Waals surface area contributed by atoms with E-state index in [0.29, 0.717) is 22.4 Å². The Kier molecular flexibility index (Phi) is 5.59. The average Bonchev–Trinajstić information content (AvgIpc) is 2.66. The topological polar surface area (TPSA) is 117 Å². The highest BCUT2D eigenvalue weighted by atomic mass is 19.1. The van der Waals surface area contributed by atoms with Crippen LogP contribution in [0.1, 0.15) is 22.4 Å². The standard InChI is InChI=1S/C20H19FN6O/c1-12-7-14(5-6-24-12)19(23)16-11-25-18(9-17(16)22)27-20(28)26-10-13-3-2-4-15(21)8-13/h2-9,11,23H,10H2,1H3,(H4,22,25,26,27,28). The number of aryl methyl sites for hydroxylation is 1. The van der Waals surface area contributed by atoms with Crippen LogP contribution in [0.25, 0.3) is 0 Å². The summed E-state index contributed by atoms with van der Waals surface area (Å²) in [6.45, 7) is 2.01. The number of nitrogens with two attached hydrogens (primary N) is 1. The summed E-state index contributed by atoms with van der Waals surface area (Å²) in [5, 5.41) is 13.5. The first-order valence-corrected chi connectivity index (χ1v) is 8.49. The lowest BCUT2D eigenvalue weighted by Gasteiger charge is -2.11. The molecule has 2 amide bonds. The Bertz CT molecular complexity index is 1040. The molecule has 0 atom stereocenters. The van der Waals surface area contributed by atoms with E-state index in [1.165, 1.54) is 24.4 Å². The van der Waals surface area contributed by atoms with Crippen molar-refractivity contribution in [1.82, 2.24) is 15.3 Å². The van der Waals surface area contributed by atoms with Crippen LogP contribution in [0.15, 0.2) is 54.9 Å². The molecular formula is C20H19FN6O. The highest BCUT2D eigenvalue weighted by Gasteiger charge is 2.12. The first kappa shape index (κ1) is 19.0. The Morgan fingerprint density at radius 3 is 2.75 bits per heavy atom. The van der Waals surface area contributed by atoms with E-state index in [0.717, 1.165) is 5.69 Å². The van der Waals surface area contributed by atoms with Crippen molar-refractivity contribution < 1.29 is 9.18 Å². The van der Waals surface area contributed by atoms with E-state index >= 15 is 0 Å². The van der Waals surface area contributed by atoms with Crippen LogP contribution in [0, 0.1) is 18.2 Å². The number of rotatable bonds is 5. The smallest absolute Gasteiger partial charge is 0.320 e. The molecule has 5 N–H and O–H groups in total. The molecule has 3 rings (SSSR count). The molecule has 0 aliphatic carbocycles. The number of carbonyl (C=O) groups is 1. The number of nitrogens with one attached hydrogen (secondary N) is 3. The number of hydrogen-bond acceptors (Lipinski definition) is 5. The van der Waals surface area contributed by atoms with E-state index in [2.05, 4.69) is 20.6 Å². The van der Waals surface area contributed by atoms with Crippen LogP contribution in [0.5, 0.6) is 0 Å². The summed E-state index contributed by atoms with van der Waals surface area (Å²) in [5.74, 6) is -0.117. The molecule has 0 radical (unpaired) electrons. The van der Waals surface area contributed by atoms with Crippen molar-refractivity contribution >= 4 is 23.2 Å². The highest BCUT2D eigenvalue weighted by Crippen LogP contribution is 2.19. The molecule has 142 valence electrons. The molecule has 0 saturated carbocycles. The van der Waals surface area contributed by atoms with Crippen molar-refractivity contribution in [3.8, 4) is 0 Å². The van der Waals surface area contributed by atoms with Crippen molar-refractivity contribution in [1.29, 1.82) is 5.41 Å². The Morgan fingerprint density at radius 2 is 2.04 bits per heavy atom. The van der Waals surface area contributed by atoms with Gasteiger partial charge >= 0.3 is 6.03 Å². The van der Waals surface area contributed by atoms with Crippen LogP contribution in [0.4, 0.5) is 20.7 Å². The lowest BCUT2D eigenvalue weighted by molar-refractivity contribution is 0.251. The monoisotopic (exact) mass is 378 g/mol. The van der Waals surface area contributed by atoms with E-state index in [1.54, 1.807) is 30.5 Å². The molecule has 0 bridgehead atoms. The first-order valence-electron chi connectivity index (χ1n) is 8.49. The summed E-state index contributed by atoms with van der Waals surface area (Å²) in [7, 11) is 0. The fourth-order valence-corrected chi connectivity index (χ4v) is 2.59. The lowest BCUT2D eigenvalue weighted by Crippen LogP contribution is -2.28. The molecule has 0 aliphatic heterocycles. The molecule has 8 heteroatoms. The second kappa shape index (κ2) is 8.26. The molecule has 7 nitrogen and oxygen atoms in total. The van der Waals surface area contributed by atoms with Crippen LogP contribution in [-0.2, 0) is 6.54 Å². The molecule has 0 aliphatic rings. The van der Waals surface area contributed by atoms with Crippen molar-refractivity contribution in [2.45, 2.75) is 13.5 Å². The molecule has 2 heterocycles. The quantitative estimate of drug-likeness (QED) is 0.510. The highest BCUT2D eigenvalue weighted by molar-refractivity contribution is 6.13. The van der Waals surface area contributed by atoms with Gasteiger partial charge in [0.25, 0.3) is 0 Å². The second-order valence-corrected chi connectivity index (χ2v) is 6.16. The molecule has 28 heavy (non-hydrogen) atoms. The van der Waals surface area contributed by atoms with Crippen molar-refractivity contribution in [3.63, 3.8) is 0 Å². The predicted octanol–water partition coefficient (Wildman–Crippen LogP) is 3.24. The van der Waals surface area contributed by atoms with E-state index in [-0.39, 0.29) is 23.9 Å². The van der Waals surface area contributed by atoms with Gasteiger partial charge < -0.3 is 11.1 Å². The number of amides is 2. The number of carbonyl (C=O) groups excluding carboxylic acids is 1. The number of benzene rings is 1. The minimum Gasteiger partial charge on any atom is -0.398 e.